The molecule has 4 aromatic rings. The summed E-state index contributed by atoms with van der Waals surface area (Å²) in [6.45, 7) is 1.95. The Morgan fingerprint density at radius 2 is 2.06 bits per heavy atom. The van der Waals surface area contributed by atoms with E-state index in [0.29, 0.717) is 22.1 Å². The van der Waals surface area contributed by atoms with E-state index in [4.69, 9.17) is 16.3 Å². The summed E-state index contributed by atoms with van der Waals surface area (Å²) in [6.07, 6.45) is 4.39. The topological polar surface area (TPSA) is 92.8 Å². The summed E-state index contributed by atoms with van der Waals surface area (Å²) in [5.74, 6) is 0.887. The number of carbonyl (C=O) groups is 1. The normalized spacial score (nSPS) is 10.9. The summed E-state index contributed by atoms with van der Waals surface area (Å²) in [5.41, 5.74) is 2.61. The number of amides is 1. The number of rotatable bonds is 5. The average Bonchev–Trinajstić information content (AvgIpc) is 3.19. The van der Waals surface area contributed by atoms with Crippen LogP contribution in [-0.2, 0) is 4.79 Å². The van der Waals surface area contributed by atoms with Gasteiger partial charge >= 0.3 is 0 Å². The number of nitriles is 1. The lowest BCUT2D eigenvalue weighted by Crippen LogP contribution is -2.14. The molecule has 0 saturated heterocycles. The number of anilines is 1. The van der Waals surface area contributed by atoms with Crippen LogP contribution in [0.2, 0.25) is 5.02 Å². The number of fused-ring (bicyclic) bond motifs is 1. The van der Waals surface area contributed by atoms with Crippen molar-refractivity contribution in [2.75, 3.05) is 12.4 Å². The molecule has 0 unspecified atom stereocenters. The molecule has 2 aromatic carbocycles. The van der Waals surface area contributed by atoms with Gasteiger partial charge in [0.15, 0.2) is 11.6 Å². The van der Waals surface area contributed by atoms with Crippen molar-refractivity contribution < 1.29 is 9.53 Å². The van der Waals surface area contributed by atoms with Crippen molar-refractivity contribution in [1.29, 1.82) is 5.26 Å². The zero-order chi connectivity index (χ0) is 22.7. The Labute approximate surface area is 189 Å². The first-order chi connectivity index (χ1) is 15.5. The highest BCUT2D eigenvalue weighted by molar-refractivity contribution is 6.30. The summed E-state index contributed by atoms with van der Waals surface area (Å²) < 4.78 is 6.88. The van der Waals surface area contributed by atoms with Crippen LogP contribution in [0.15, 0.2) is 60.8 Å². The summed E-state index contributed by atoms with van der Waals surface area (Å²) in [7, 11) is 1.58. The van der Waals surface area contributed by atoms with Crippen LogP contribution < -0.4 is 10.1 Å². The maximum atomic E-state index is 12.6. The summed E-state index contributed by atoms with van der Waals surface area (Å²) in [6, 6.07) is 16.7. The molecule has 0 aliphatic rings. The Kier molecular flexibility index (Phi) is 5.88. The van der Waals surface area contributed by atoms with E-state index in [1.165, 1.54) is 17.0 Å². The Balaban J connectivity index is 1.71. The number of ether oxygens (including phenoxy) is 1. The molecule has 32 heavy (non-hydrogen) atoms. The number of aromatic nitrogens is 3. The minimum Gasteiger partial charge on any atom is -0.494 e. The molecule has 158 valence electrons. The van der Waals surface area contributed by atoms with Gasteiger partial charge in [0, 0.05) is 16.5 Å². The molecule has 0 spiro atoms. The van der Waals surface area contributed by atoms with Crippen molar-refractivity contribution in [3.05, 3.63) is 82.5 Å². The fourth-order valence-corrected chi connectivity index (χ4v) is 3.51. The van der Waals surface area contributed by atoms with Gasteiger partial charge in [-0.15, -0.1) is 0 Å². The van der Waals surface area contributed by atoms with Crippen LogP contribution >= 0.6 is 11.6 Å². The highest BCUT2D eigenvalue weighted by Gasteiger charge is 2.17. The van der Waals surface area contributed by atoms with Gasteiger partial charge in [-0.3, -0.25) is 4.79 Å². The summed E-state index contributed by atoms with van der Waals surface area (Å²) in [5, 5.41) is 18.0. The molecule has 2 aromatic heterocycles. The van der Waals surface area contributed by atoms with Crippen molar-refractivity contribution in [2.45, 2.75) is 6.92 Å². The summed E-state index contributed by atoms with van der Waals surface area (Å²) >= 11 is 5.98. The predicted molar refractivity (Wildman–Crippen MR) is 124 cm³/mol. The number of aryl methyl sites for hydroxylation is 1. The maximum Gasteiger partial charge on any atom is 0.249 e. The van der Waals surface area contributed by atoms with E-state index >= 15 is 0 Å². The van der Waals surface area contributed by atoms with Gasteiger partial charge < -0.3 is 10.1 Å². The first-order valence-corrected chi connectivity index (χ1v) is 10.1. The highest BCUT2D eigenvalue weighted by Crippen LogP contribution is 2.29. The van der Waals surface area contributed by atoms with Gasteiger partial charge in [0.25, 0.3) is 0 Å². The fourth-order valence-electron chi connectivity index (χ4n) is 3.31. The number of hydrogen-bond donors (Lipinski definition) is 1. The monoisotopic (exact) mass is 443 g/mol. The Morgan fingerprint density at radius 3 is 2.81 bits per heavy atom. The van der Waals surface area contributed by atoms with Crippen molar-refractivity contribution in [3.63, 3.8) is 0 Å². The first kappa shape index (κ1) is 21.1. The van der Waals surface area contributed by atoms with Gasteiger partial charge in [-0.05, 0) is 48.4 Å². The molecule has 7 nitrogen and oxygen atoms in total. The zero-order valence-electron chi connectivity index (χ0n) is 17.3. The second kappa shape index (κ2) is 8.92. The number of nitrogens with zero attached hydrogens (tertiary/aromatic N) is 4. The largest absolute Gasteiger partial charge is 0.494 e. The number of nitrogens with one attached hydrogen (secondary N) is 1. The minimum absolute atomic E-state index is 0.217. The van der Waals surface area contributed by atoms with Crippen molar-refractivity contribution in [3.8, 4) is 17.6 Å². The first-order valence-electron chi connectivity index (χ1n) is 9.67. The Morgan fingerprint density at radius 1 is 1.25 bits per heavy atom. The quantitative estimate of drug-likeness (QED) is 0.442. The fraction of sp³-hybridized carbons (Fsp3) is 0.0833. The van der Waals surface area contributed by atoms with Crippen LogP contribution in [-0.4, -0.2) is 27.8 Å². The number of pyridine rings is 1. The van der Waals surface area contributed by atoms with Gasteiger partial charge in [-0.2, -0.15) is 15.0 Å². The van der Waals surface area contributed by atoms with Crippen LogP contribution in [0.25, 0.3) is 22.8 Å². The molecule has 1 amide bonds. The maximum absolute atomic E-state index is 12.6. The molecular formula is C24H18ClN5O2. The average molecular weight is 444 g/mol. The van der Waals surface area contributed by atoms with Gasteiger partial charge in [-0.25, -0.2) is 4.98 Å². The number of methoxy groups -OCH3 is 1. The van der Waals surface area contributed by atoms with E-state index in [0.717, 1.165) is 16.5 Å². The Bertz CT molecular complexity index is 1400. The zero-order valence-corrected chi connectivity index (χ0v) is 18.1. The third-order valence-corrected chi connectivity index (χ3v) is 5.07. The van der Waals surface area contributed by atoms with Crippen LogP contribution in [0.5, 0.6) is 5.75 Å². The number of hydrogen-bond acceptors (Lipinski definition) is 5. The SMILES string of the molecule is COc1cccc2c(C)cc(-n3ncc(C#N)c3NC(=O)/C=C/c3cccc(Cl)c3)nc12. The van der Waals surface area contributed by atoms with Gasteiger partial charge in [0.2, 0.25) is 5.91 Å². The molecule has 0 saturated carbocycles. The minimum atomic E-state index is -0.418. The Hall–Kier alpha value is -4.15. The smallest absolute Gasteiger partial charge is 0.249 e. The van der Waals surface area contributed by atoms with Crippen molar-refractivity contribution >= 4 is 40.3 Å². The van der Waals surface area contributed by atoms with Gasteiger partial charge in [0.05, 0.1) is 13.3 Å². The lowest BCUT2D eigenvalue weighted by Gasteiger charge is -2.12. The van der Waals surface area contributed by atoms with Crippen LogP contribution in [0.4, 0.5) is 5.82 Å². The standard InChI is InChI=1S/C24H18ClN5O2/c1-15-11-21(28-23-19(15)7-4-8-20(23)32-2)30-24(17(13-26)14-27-30)29-22(31)10-9-16-5-3-6-18(25)12-16/h3-12,14H,1-2H3,(H,29,31)/b10-9+. The molecule has 2 heterocycles. The lowest BCUT2D eigenvalue weighted by atomic mass is 10.1. The third kappa shape index (κ3) is 4.17. The molecule has 0 radical (unpaired) electrons. The van der Waals surface area contributed by atoms with Crippen molar-refractivity contribution in [1.82, 2.24) is 14.8 Å². The van der Waals surface area contributed by atoms with E-state index in [2.05, 4.69) is 21.5 Å². The molecule has 0 aliphatic heterocycles. The van der Waals surface area contributed by atoms with E-state index in [9.17, 15) is 10.1 Å². The van der Waals surface area contributed by atoms with E-state index in [1.807, 2.05) is 37.3 Å². The molecular weight excluding hydrogens is 426 g/mol. The number of benzene rings is 2. The van der Waals surface area contributed by atoms with Gasteiger partial charge in [0.1, 0.15) is 22.9 Å². The number of para-hydroxylation sites is 1. The summed E-state index contributed by atoms with van der Waals surface area (Å²) in [4.78, 5) is 17.3. The number of carbonyl (C=O) groups excluding carboxylic acids is 1. The molecule has 0 aliphatic carbocycles. The molecule has 0 atom stereocenters. The molecule has 0 bridgehead atoms. The molecule has 1 N–H and O–H groups in total. The second-order valence-corrected chi connectivity index (χ2v) is 7.40. The van der Waals surface area contributed by atoms with Gasteiger partial charge in [-0.1, -0.05) is 35.9 Å². The van der Waals surface area contributed by atoms with Crippen molar-refractivity contribution in [2.24, 2.45) is 0 Å². The predicted octanol–water partition coefficient (Wildman–Crippen LogP) is 4.91. The van der Waals surface area contributed by atoms with Crippen LogP contribution in [0, 0.1) is 18.3 Å². The van der Waals surface area contributed by atoms with E-state index in [1.54, 1.807) is 31.4 Å². The van der Waals surface area contributed by atoms with E-state index < -0.39 is 5.91 Å². The van der Waals surface area contributed by atoms with Crippen LogP contribution in [0.3, 0.4) is 0 Å². The highest BCUT2D eigenvalue weighted by atomic mass is 35.5. The molecule has 8 heteroatoms. The second-order valence-electron chi connectivity index (χ2n) is 6.96. The molecule has 0 fully saturated rings. The van der Waals surface area contributed by atoms with Crippen LogP contribution in [0.1, 0.15) is 16.7 Å². The molecule has 4 rings (SSSR count). The third-order valence-electron chi connectivity index (χ3n) is 4.84. The number of halogens is 1. The van der Waals surface area contributed by atoms with E-state index in [-0.39, 0.29) is 11.4 Å². The lowest BCUT2D eigenvalue weighted by molar-refractivity contribution is -0.111.